The minimum Gasteiger partial charge on any atom is -0.380 e. The number of nitrogens with one attached hydrogen (secondary N) is 1. The van der Waals surface area contributed by atoms with Crippen LogP contribution in [0.5, 0.6) is 0 Å². The number of halogens is 1. The van der Waals surface area contributed by atoms with E-state index in [4.69, 9.17) is 4.74 Å². The van der Waals surface area contributed by atoms with E-state index in [9.17, 15) is 0 Å². The molecule has 1 aliphatic rings. The molecule has 2 rings (SSSR count). The number of nitrogens with zero attached hydrogens (tertiary/aromatic N) is 1. The summed E-state index contributed by atoms with van der Waals surface area (Å²) < 4.78 is 6.69. The van der Waals surface area contributed by atoms with Gasteiger partial charge in [0.2, 0.25) is 0 Å². The second-order valence-electron chi connectivity index (χ2n) is 5.81. The lowest BCUT2D eigenvalue weighted by Gasteiger charge is -2.27. The van der Waals surface area contributed by atoms with Crippen LogP contribution in [0.4, 0.5) is 0 Å². The van der Waals surface area contributed by atoms with Crippen molar-refractivity contribution in [2.24, 2.45) is 0 Å². The van der Waals surface area contributed by atoms with Gasteiger partial charge in [0.05, 0.1) is 6.61 Å². The quantitative estimate of drug-likeness (QED) is 0.771. The first kappa shape index (κ1) is 16.9. The Morgan fingerprint density at radius 2 is 2.24 bits per heavy atom. The summed E-state index contributed by atoms with van der Waals surface area (Å²) in [4.78, 5) is 2.45. The molecule has 1 heterocycles. The Labute approximate surface area is 137 Å². The minimum absolute atomic E-state index is 0.408. The molecular formula is C17H27BrN2O. The van der Waals surface area contributed by atoms with Gasteiger partial charge in [0.1, 0.15) is 0 Å². The van der Waals surface area contributed by atoms with Crippen LogP contribution in [0.1, 0.15) is 37.8 Å². The summed E-state index contributed by atoms with van der Waals surface area (Å²) >= 11 is 3.69. The summed E-state index contributed by atoms with van der Waals surface area (Å²) in [6.07, 6.45) is 3.45. The van der Waals surface area contributed by atoms with Crippen molar-refractivity contribution in [2.45, 2.75) is 38.3 Å². The van der Waals surface area contributed by atoms with Gasteiger partial charge >= 0.3 is 0 Å². The van der Waals surface area contributed by atoms with Crippen LogP contribution in [0.2, 0.25) is 0 Å². The standard InChI is InChI=1S/C17H27BrN2O/c1-3-10-19-17(15-6-4-5-7-16(15)18)8-11-20(2)14-9-12-21-13-14/h4-7,14,17,19H,3,8-13H2,1-2H3. The molecule has 1 saturated heterocycles. The van der Waals surface area contributed by atoms with Crippen LogP contribution in [0.15, 0.2) is 28.7 Å². The number of rotatable bonds is 8. The minimum atomic E-state index is 0.408. The molecule has 118 valence electrons. The van der Waals surface area contributed by atoms with E-state index in [1.54, 1.807) is 0 Å². The van der Waals surface area contributed by atoms with Crippen molar-refractivity contribution in [1.82, 2.24) is 10.2 Å². The highest BCUT2D eigenvalue weighted by Crippen LogP contribution is 2.26. The zero-order chi connectivity index (χ0) is 15.1. The molecule has 0 saturated carbocycles. The molecule has 0 amide bonds. The molecule has 0 bridgehead atoms. The van der Waals surface area contributed by atoms with Crippen molar-refractivity contribution in [3.63, 3.8) is 0 Å². The third-order valence-electron chi connectivity index (χ3n) is 4.22. The Morgan fingerprint density at radius 3 is 2.90 bits per heavy atom. The molecule has 3 nitrogen and oxygen atoms in total. The molecule has 21 heavy (non-hydrogen) atoms. The third-order valence-corrected chi connectivity index (χ3v) is 4.94. The predicted octanol–water partition coefficient (Wildman–Crippen LogP) is 3.60. The normalized spacial score (nSPS) is 20.1. The second-order valence-corrected chi connectivity index (χ2v) is 6.67. The number of ether oxygens (including phenoxy) is 1. The predicted molar refractivity (Wildman–Crippen MR) is 91.6 cm³/mol. The molecule has 1 aromatic carbocycles. The van der Waals surface area contributed by atoms with Crippen LogP contribution in [-0.4, -0.2) is 44.3 Å². The van der Waals surface area contributed by atoms with Crippen molar-refractivity contribution in [3.8, 4) is 0 Å². The highest BCUT2D eigenvalue weighted by molar-refractivity contribution is 9.10. The summed E-state index contributed by atoms with van der Waals surface area (Å²) in [7, 11) is 2.22. The van der Waals surface area contributed by atoms with Gasteiger partial charge in [-0.3, -0.25) is 0 Å². The number of likely N-dealkylation sites (N-methyl/N-ethyl adjacent to an activating group) is 1. The van der Waals surface area contributed by atoms with Gasteiger partial charge in [-0.1, -0.05) is 41.1 Å². The average molecular weight is 355 g/mol. The lowest BCUT2D eigenvalue weighted by Crippen LogP contribution is -2.35. The fourth-order valence-electron chi connectivity index (χ4n) is 2.83. The molecule has 1 aliphatic heterocycles. The lowest BCUT2D eigenvalue weighted by atomic mass is 10.0. The molecule has 4 heteroatoms. The Hall–Kier alpha value is -0.420. The maximum atomic E-state index is 5.49. The highest BCUT2D eigenvalue weighted by atomic mass is 79.9. The van der Waals surface area contributed by atoms with E-state index in [0.29, 0.717) is 12.1 Å². The smallest absolute Gasteiger partial charge is 0.0622 e. The summed E-state index contributed by atoms with van der Waals surface area (Å²) in [5, 5.41) is 3.68. The Kier molecular flexibility index (Phi) is 7.17. The Bertz CT molecular complexity index is 421. The summed E-state index contributed by atoms with van der Waals surface area (Å²) in [6, 6.07) is 9.55. The summed E-state index contributed by atoms with van der Waals surface area (Å²) in [5.74, 6) is 0. The van der Waals surface area contributed by atoms with Crippen LogP contribution in [0.25, 0.3) is 0 Å². The lowest BCUT2D eigenvalue weighted by molar-refractivity contribution is 0.156. The van der Waals surface area contributed by atoms with Crippen molar-refractivity contribution >= 4 is 15.9 Å². The van der Waals surface area contributed by atoms with Gasteiger partial charge < -0.3 is 15.0 Å². The van der Waals surface area contributed by atoms with Crippen molar-refractivity contribution < 1.29 is 4.74 Å². The van der Waals surface area contributed by atoms with Gasteiger partial charge in [-0.15, -0.1) is 0 Å². The van der Waals surface area contributed by atoms with Crippen molar-refractivity contribution in [3.05, 3.63) is 34.3 Å². The van der Waals surface area contributed by atoms with Crippen LogP contribution in [-0.2, 0) is 4.74 Å². The maximum Gasteiger partial charge on any atom is 0.0622 e. The zero-order valence-electron chi connectivity index (χ0n) is 13.1. The van der Waals surface area contributed by atoms with E-state index in [1.165, 1.54) is 16.5 Å². The SMILES string of the molecule is CCCNC(CCN(C)C1CCOC1)c1ccccc1Br. The zero-order valence-corrected chi connectivity index (χ0v) is 14.7. The van der Waals surface area contributed by atoms with E-state index < -0.39 is 0 Å². The van der Waals surface area contributed by atoms with Gasteiger partial charge in [-0.2, -0.15) is 0 Å². The van der Waals surface area contributed by atoms with E-state index >= 15 is 0 Å². The molecule has 1 fully saturated rings. The highest BCUT2D eigenvalue weighted by Gasteiger charge is 2.21. The van der Waals surface area contributed by atoms with Gasteiger partial charge in [-0.05, 0) is 44.5 Å². The van der Waals surface area contributed by atoms with Crippen molar-refractivity contribution in [1.29, 1.82) is 0 Å². The molecule has 0 spiro atoms. The number of hydrogen-bond acceptors (Lipinski definition) is 3. The van der Waals surface area contributed by atoms with Crippen LogP contribution < -0.4 is 5.32 Å². The van der Waals surface area contributed by atoms with E-state index in [1.807, 2.05) is 0 Å². The average Bonchev–Trinajstić information content (AvgIpc) is 3.02. The third kappa shape index (κ3) is 5.06. The topological polar surface area (TPSA) is 24.5 Å². The van der Waals surface area contributed by atoms with Crippen LogP contribution in [0, 0.1) is 0 Å². The van der Waals surface area contributed by atoms with Gasteiger partial charge in [0, 0.05) is 29.7 Å². The van der Waals surface area contributed by atoms with Gasteiger partial charge in [0.25, 0.3) is 0 Å². The maximum absolute atomic E-state index is 5.49. The fourth-order valence-corrected chi connectivity index (χ4v) is 3.39. The molecular weight excluding hydrogens is 328 g/mol. The van der Waals surface area contributed by atoms with Crippen LogP contribution in [0.3, 0.4) is 0 Å². The molecule has 1 N–H and O–H groups in total. The molecule has 0 radical (unpaired) electrons. The molecule has 1 aromatic rings. The first-order valence-corrected chi connectivity index (χ1v) is 8.77. The van der Waals surface area contributed by atoms with E-state index in [0.717, 1.165) is 39.1 Å². The van der Waals surface area contributed by atoms with E-state index in [2.05, 4.69) is 64.4 Å². The molecule has 0 aliphatic carbocycles. The first-order chi connectivity index (χ1) is 10.2. The van der Waals surface area contributed by atoms with E-state index in [-0.39, 0.29) is 0 Å². The Morgan fingerprint density at radius 1 is 1.43 bits per heavy atom. The second kappa shape index (κ2) is 8.89. The van der Waals surface area contributed by atoms with Crippen molar-refractivity contribution in [2.75, 3.05) is 33.4 Å². The summed E-state index contributed by atoms with van der Waals surface area (Å²) in [6.45, 7) is 6.17. The summed E-state index contributed by atoms with van der Waals surface area (Å²) in [5.41, 5.74) is 1.36. The molecule has 2 atom stereocenters. The van der Waals surface area contributed by atoms with Crippen LogP contribution >= 0.6 is 15.9 Å². The molecule has 0 aromatic heterocycles. The first-order valence-electron chi connectivity index (χ1n) is 7.98. The molecule has 2 unspecified atom stereocenters. The van der Waals surface area contributed by atoms with Gasteiger partial charge in [-0.25, -0.2) is 0 Å². The monoisotopic (exact) mass is 354 g/mol. The largest absolute Gasteiger partial charge is 0.380 e. The Balaban J connectivity index is 1.94. The van der Waals surface area contributed by atoms with Gasteiger partial charge in [0.15, 0.2) is 0 Å². The number of benzene rings is 1. The fraction of sp³-hybridized carbons (Fsp3) is 0.647. The number of hydrogen-bond donors (Lipinski definition) is 1.